The molecule has 2 fully saturated rings. The van der Waals surface area contributed by atoms with Crippen LogP contribution in [-0.4, -0.2) is 60.4 Å². The van der Waals surface area contributed by atoms with Crippen LogP contribution in [0.4, 0.5) is 0 Å². The lowest BCUT2D eigenvalue weighted by molar-refractivity contribution is -0.129. The van der Waals surface area contributed by atoms with Gasteiger partial charge in [0, 0.05) is 38.3 Å². The molecule has 0 bridgehead atoms. The number of amides is 2. The standard InChI is InChI=1S/C24H37N3O2/c1-18(2)12-13-25-23(28)22(20-6-4-5-7-20)26-14-16-27(17-15-26)24(29)21-10-8-19(3)9-11-21/h8-11,18,20,22H,4-7,12-17H2,1-3H3,(H,25,28)/t22-/m0/s1. The van der Waals surface area contributed by atoms with Crippen molar-refractivity contribution in [3.63, 3.8) is 0 Å². The summed E-state index contributed by atoms with van der Waals surface area (Å²) >= 11 is 0. The van der Waals surface area contributed by atoms with E-state index in [9.17, 15) is 9.59 Å². The van der Waals surface area contributed by atoms with Crippen molar-refractivity contribution >= 4 is 11.8 Å². The van der Waals surface area contributed by atoms with Crippen molar-refractivity contribution in [2.75, 3.05) is 32.7 Å². The van der Waals surface area contributed by atoms with Crippen LogP contribution in [0.3, 0.4) is 0 Å². The Morgan fingerprint density at radius 2 is 1.66 bits per heavy atom. The Kier molecular flexibility index (Phi) is 7.70. The Bertz CT molecular complexity index is 672. The molecule has 1 aromatic carbocycles. The molecule has 1 N–H and O–H groups in total. The van der Waals surface area contributed by atoms with Crippen molar-refractivity contribution in [1.82, 2.24) is 15.1 Å². The third-order valence-electron chi connectivity index (χ3n) is 6.43. The molecule has 0 radical (unpaired) electrons. The Morgan fingerprint density at radius 1 is 1.03 bits per heavy atom. The van der Waals surface area contributed by atoms with Gasteiger partial charge in [0.25, 0.3) is 5.91 Å². The number of carbonyl (C=O) groups is 2. The van der Waals surface area contributed by atoms with E-state index in [0.717, 1.165) is 50.0 Å². The van der Waals surface area contributed by atoms with E-state index < -0.39 is 0 Å². The van der Waals surface area contributed by atoms with Crippen molar-refractivity contribution in [1.29, 1.82) is 0 Å². The molecule has 1 heterocycles. The molecule has 1 saturated carbocycles. The fourth-order valence-corrected chi connectivity index (χ4v) is 4.62. The summed E-state index contributed by atoms with van der Waals surface area (Å²) in [7, 11) is 0. The minimum atomic E-state index is -0.0405. The lowest BCUT2D eigenvalue weighted by Gasteiger charge is -2.40. The normalized spacial score (nSPS) is 19.5. The summed E-state index contributed by atoms with van der Waals surface area (Å²) in [5.41, 5.74) is 1.91. The van der Waals surface area contributed by atoms with E-state index in [1.54, 1.807) is 0 Å². The van der Waals surface area contributed by atoms with Crippen LogP contribution < -0.4 is 5.32 Å². The quantitative estimate of drug-likeness (QED) is 0.764. The SMILES string of the molecule is Cc1ccc(C(=O)N2CCN([C@H](C(=O)NCCC(C)C)C3CCCC3)CC2)cc1. The first-order valence-electron chi connectivity index (χ1n) is 11.3. The van der Waals surface area contributed by atoms with Gasteiger partial charge in [-0.25, -0.2) is 0 Å². The average Bonchev–Trinajstić information content (AvgIpc) is 3.23. The molecular weight excluding hydrogens is 362 g/mol. The largest absolute Gasteiger partial charge is 0.355 e. The molecule has 1 atom stereocenters. The van der Waals surface area contributed by atoms with E-state index in [0.29, 0.717) is 24.9 Å². The van der Waals surface area contributed by atoms with E-state index in [1.165, 1.54) is 12.8 Å². The summed E-state index contributed by atoms with van der Waals surface area (Å²) in [6.07, 6.45) is 5.76. The number of benzene rings is 1. The van der Waals surface area contributed by atoms with Gasteiger partial charge in [0.1, 0.15) is 0 Å². The molecule has 3 rings (SSSR count). The third-order valence-corrected chi connectivity index (χ3v) is 6.43. The molecule has 29 heavy (non-hydrogen) atoms. The zero-order valence-corrected chi connectivity index (χ0v) is 18.3. The van der Waals surface area contributed by atoms with Crippen molar-refractivity contribution in [2.24, 2.45) is 11.8 Å². The van der Waals surface area contributed by atoms with Crippen LogP contribution in [0.15, 0.2) is 24.3 Å². The highest BCUT2D eigenvalue weighted by Crippen LogP contribution is 2.31. The number of piperazine rings is 1. The van der Waals surface area contributed by atoms with E-state index in [-0.39, 0.29) is 17.9 Å². The fraction of sp³-hybridized carbons (Fsp3) is 0.667. The highest BCUT2D eigenvalue weighted by atomic mass is 16.2. The van der Waals surface area contributed by atoms with Crippen molar-refractivity contribution < 1.29 is 9.59 Å². The number of rotatable bonds is 7. The van der Waals surface area contributed by atoms with E-state index >= 15 is 0 Å². The maximum Gasteiger partial charge on any atom is 0.253 e. The van der Waals surface area contributed by atoms with Crippen LogP contribution in [0.2, 0.25) is 0 Å². The van der Waals surface area contributed by atoms with Gasteiger partial charge < -0.3 is 10.2 Å². The molecule has 0 unspecified atom stereocenters. The Balaban J connectivity index is 1.59. The summed E-state index contributed by atoms with van der Waals surface area (Å²) in [5, 5.41) is 3.19. The molecule has 2 aliphatic rings. The number of nitrogens with one attached hydrogen (secondary N) is 1. The molecule has 5 heteroatoms. The van der Waals surface area contributed by atoms with Crippen LogP contribution >= 0.6 is 0 Å². The molecule has 0 spiro atoms. The van der Waals surface area contributed by atoms with Gasteiger partial charge in [0.2, 0.25) is 5.91 Å². The molecule has 1 aromatic rings. The summed E-state index contributed by atoms with van der Waals surface area (Å²) in [5.74, 6) is 1.34. The van der Waals surface area contributed by atoms with Gasteiger partial charge >= 0.3 is 0 Å². The van der Waals surface area contributed by atoms with Crippen LogP contribution in [0.5, 0.6) is 0 Å². The predicted octanol–water partition coefficient (Wildman–Crippen LogP) is 3.47. The molecule has 1 aliphatic heterocycles. The van der Waals surface area contributed by atoms with Crippen LogP contribution in [-0.2, 0) is 4.79 Å². The fourth-order valence-electron chi connectivity index (χ4n) is 4.62. The summed E-state index contributed by atoms with van der Waals surface area (Å²) in [6, 6.07) is 7.75. The smallest absolute Gasteiger partial charge is 0.253 e. The minimum absolute atomic E-state index is 0.0405. The van der Waals surface area contributed by atoms with Crippen molar-refractivity contribution in [3.8, 4) is 0 Å². The summed E-state index contributed by atoms with van der Waals surface area (Å²) in [6.45, 7) is 10.1. The van der Waals surface area contributed by atoms with E-state index in [1.807, 2.05) is 36.1 Å². The second-order valence-electron chi connectivity index (χ2n) is 9.16. The lowest BCUT2D eigenvalue weighted by Crippen LogP contribution is -2.58. The predicted molar refractivity (Wildman–Crippen MR) is 117 cm³/mol. The van der Waals surface area contributed by atoms with Gasteiger partial charge in [-0.1, -0.05) is 44.4 Å². The third kappa shape index (κ3) is 5.81. The monoisotopic (exact) mass is 399 g/mol. The molecular formula is C24H37N3O2. The summed E-state index contributed by atoms with van der Waals surface area (Å²) < 4.78 is 0. The maximum absolute atomic E-state index is 13.0. The van der Waals surface area contributed by atoms with Gasteiger partial charge in [-0.3, -0.25) is 14.5 Å². The first kappa shape index (κ1) is 21.8. The van der Waals surface area contributed by atoms with Gasteiger partial charge in [0.05, 0.1) is 6.04 Å². The minimum Gasteiger partial charge on any atom is -0.355 e. The molecule has 0 aromatic heterocycles. The zero-order valence-electron chi connectivity index (χ0n) is 18.3. The highest BCUT2D eigenvalue weighted by Gasteiger charge is 2.37. The molecule has 2 amide bonds. The Labute approximate surface area is 175 Å². The number of hydrogen-bond donors (Lipinski definition) is 1. The van der Waals surface area contributed by atoms with Gasteiger partial charge in [-0.15, -0.1) is 0 Å². The van der Waals surface area contributed by atoms with Gasteiger partial charge in [-0.05, 0) is 50.2 Å². The van der Waals surface area contributed by atoms with Crippen LogP contribution in [0, 0.1) is 18.8 Å². The number of aryl methyl sites for hydroxylation is 1. The van der Waals surface area contributed by atoms with Crippen LogP contribution in [0.1, 0.15) is 61.9 Å². The number of carbonyl (C=O) groups excluding carboxylic acids is 2. The van der Waals surface area contributed by atoms with Crippen molar-refractivity contribution in [2.45, 2.75) is 58.9 Å². The maximum atomic E-state index is 13.0. The average molecular weight is 400 g/mol. The van der Waals surface area contributed by atoms with Gasteiger partial charge in [0.15, 0.2) is 0 Å². The lowest BCUT2D eigenvalue weighted by atomic mass is 9.94. The second-order valence-corrected chi connectivity index (χ2v) is 9.16. The van der Waals surface area contributed by atoms with Crippen LogP contribution in [0.25, 0.3) is 0 Å². The van der Waals surface area contributed by atoms with E-state index in [4.69, 9.17) is 0 Å². The van der Waals surface area contributed by atoms with Crippen molar-refractivity contribution in [3.05, 3.63) is 35.4 Å². The first-order valence-corrected chi connectivity index (χ1v) is 11.3. The molecule has 1 saturated heterocycles. The zero-order chi connectivity index (χ0) is 20.8. The molecule has 5 nitrogen and oxygen atoms in total. The molecule has 1 aliphatic carbocycles. The second kappa shape index (κ2) is 10.2. The Morgan fingerprint density at radius 3 is 2.24 bits per heavy atom. The highest BCUT2D eigenvalue weighted by molar-refractivity contribution is 5.94. The topological polar surface area (TPSA) is 52.7 Å². The molecule has 160 valence electrons. The number of hydrogen-bond acceptors (Lipinski definition) is 3. The van der Waals surface area contributed by atoms with Gasteiger partial charge in [-0.2, -0.15) is 0 Å². The number of nitrogens with zero attached hydrogens (tertiary/aromatic N) is 2. The summed E-state index contributed by atoms with van der Waals surface area (Å²) in [4.78, 5) is 30.1. The van der Waals surface area contributed by atoms with E-state index in [2.05, 4.69) is 24.1 Å². The first-order chi connectivity index (χ1) is 14.0. The Hall–Kier alpha value is -1.88.